The molecule has 0 bridgehead atoms. The number of alkyl halides is 1. The van der Waals surface area contributed by atoms with E-state index in [2.05, 4.69) is 25.6 Å². The Morgan fingerprint density at radius 3 is 2.56 bits per heavy atom. The number of imidazole rings is 1. The van der Waals surface area contributed by atoms with Crippen LogP contribution in [0.5, 0.6) is 0 Å². The van der Waals surface area contributed by atoms with E-state index in [0.29, 0.717) is 12.4 Å². The molecule has 0 aliphatic rings. The molecule has 18 heavy (non-hydrogen) atoms. The minimum atomic E-state index is -3.52. The third kappa shape index (κ3) is 4.07. The lowest BCUT2D eigenvalue weighted by molar-refractivity contribution is 0.545. The Morgan fingerprint density at radius 2 is 2.11 bits per heavy atom. The fourth-order valence-corrected chi connectivity index (χ4v) is 3.62. The van der Waals surface area contributed by atoms with Crippen molar-refractivity contribution in [3.8, 4) is 0 Å². The molecule has 1 N–H and O–H groups in total. The summed E-state index contributed by atoms with van der Waals surface area (Å²) < 4.78 is 28.7. The summed E-state index contributed by atoms with van der Waals surface area (Å²) in [5.41, 5.74) is 0. The molecular formula is C11H20BrN3O2S. The smallest absolute Gasteiger partial charge is 0.259 e. The first-order valence-electron chi connectivity index (χ1n) is 5.96. The van der Waals surface area contributed by atoms with Crippen molar-refractivity contribution in [2.45, 2.75) is 56.6 Å². The number of aromatic nitrogens is 2. The monoisotopic (exact) mass is 337 g/mol. The van der Waals surface area contributed by atoms with Gasteiger partial charge in [0.2, 0.25) is 0 Å². The van der Waals surface area contributed by atoms with E-state index in [4.69, 9.17) is 0 Å². The highest BCUT2D eigenvalue weighted by atomic mass is 79.9. The highest BCUT2D eigenvalue weighted by Gasteiger charge is 2.21. The Kier molecular flexibility index (Phi) is 5.36. The van der Waals surface area contributed by atoms with Gasteiger partial charge < -0.3 is 4.57 Å². The minimum absolute atomic E-state index is 0.0934. The molecule has 0 amide bonds. The Balaban J connectivity index is 2.86. The van der Waals surface area contributed by atoms with Gasteiger partial charge in [0.1, 0.15) is 5.82 Å². The van der Waals surface area contributed by atoms with Gasteiger partial charge in [0, 0.05) is 23.6 Å². The molecule has 0 radical (unpaired) electrons. The summed E-state index contributed by atoms with van der Waals surface area (Å²) >= 11 is 3.41. The second kappa shape index (κ2) is 6.16. The lowest BCUT2D eigenvalue weighted by Crippen LogP contribution is -2.34. The molecule has 0 aliphatic heterocycles. The quantitative estimate of drug-likeness (QED) is 0.808. The normalized spacial score (nSPS) is 15.6. The van der Waals surface area contributed by atoms with Gasteiger partial charge in [-0.3, -0.25) is 0 Å². The zero-order valence-corrected chi connectivity index (χ0v) is 13.5. The van der Waals surface area contributed by atoms with Crippen LogP contribution in [-0.4, -0.2) is 28.8 Å². The number of rotatable bonds is 6. The second-order valence-corrected chi connectivity index (χ2v) is 7.68. The first-order valence-corrected chi connectivity index (χ1v) is 8.36. The minimum Gasteiger partial charge on any atom is -0.334 e. The maximum atomic E-state index is 12.1. The zero-order valence-electron chi connectivity index (χ0n) is 11.1. The molecule has 0 fully saturated rings. The SMILES string of the molecule is CCn1cc(S(=O)(=O)NC(C)CC(C)Br)nc1C. The molecule has 0 aromatic carbocycles. The summed E-state index contributed by atoms with van der Waals surface area (Å²) in [4.78, 5) is 4.35. The second-order valence-electron chi connectivity index (χ2n) is 4.45. The van der Waals surface area contributed by atoms with E-state index in [9.17, 15) is 8.42 Å². The van der Waals surface area contributed by atoms with Crippen LogP contribution in [0, 0.1) is 6.92 Å². The van der Waals surface area contributed by atoms with Crippen molar-refractivity contribution < 1.29 is 8.42 Å². The topological polar surface area (TPSA) is 64.0 Å². The molecule has 2 unspecified atom stereocenters. The fourth-order valence-electron chi connectivity index (χ4n) is 1.79. The molecule has 0 saturated heterocycles. The number of hydrogen-bond acceptors (Lipinski definition) is 3. The number of nitrogens with zero attached hydrogens (tertiary/aromatic N) is 2. The lowest BCUT2D eigenvalue weighted by atomic mass is 10.2. The van der Waals surface area contributed by atoms with Gasteiger partial charge in [-0.2, -0.15) is 0 Å². The standard InChI is InChI=1S/C11H20BrN3O2S/c1-5-15-7-11(13-10(15)4)18(16,17)14-9(3)6-8(2)12/h7-9,14H,5-6H2,1-4H3. The molecule has 1 heterocycles. The maximum Gasteiger partial charge on any atom is 0.259 e. The molecule has 7 heteroatoms. The van der Waals surface area contributed by atoms with Crippen LogP contribution in [0.25, 0.3) is 0 Å². The molecule has 0 spiro atoms. The summed E-state index contributed by atoms with van der Waals surface area (Å²) in [5.74, 6) is 0.708. The zero-order chi connectivity index (χ0) is 13.9. The maximum absolute atomic E-state index is 12.1. The van der Waals surface area contributed by atoms with Gasteiger partial charge in [-0.1, -0.05) is 22.9 Å². The van der Waals surface area contributed by atoms with Crippen LogP contribution < -0.4 is 4.72 Å². The number of aryl methyl sites for hydroxylation is 2. The predicted molar refractivity (Wildman–Crippen MR) is 75.4 cm³/mol. The highest BCUT2D eigenvalue weighted by molar-refractivity contribution is 9.09. The molecule has 5 nitrogen and oxygen atoms in total. The summed E-state index contributed by atoms with van der Waals surface area (Å²) in [5, 5.41) is 0.0934. The van der Waals surface area contributed by atoms with E-state index >= 15 is 0 Å². The summed E-state index contributed by atoms with van der Waals surface area (Å²) in [6, 6.07) is -0.128. The first-order chi connectivity index (χ1) is 8.26. The largest absolute Gasteiger partial charge is 0.334 e. The average Bonchev–Trinajstić information content (AvgIpc) is 2.57. The van der Waals surface area contributed by atoms with Crippen LogP contribution in [0.2, 0.25) is 0 Å². The van der Waals surface area contributed by atoms with Crippen LogP contribution in [0.3, 0.4) is 0 Å². The van der Waals surface area contributed by atoms with E-state index in [0.717, 1.165) is 6.42 Å². The Labute approximate surface area is 117 Å². The lowest BCUT2D eigenvalue weighted by Gasteiger charge is -2.14. The molecule has 1 aromatic heterocycles. The van der Waals surface area contributed by atoms with Crippen molar-refractivity contribution in [2.24, 2.45) is 0 Å². The summed E-state index contributed by atoms with van der Waals surface area (Å²) in [6.07, 6.45) is 2.30. The van der Waals surface area contributed by atoms with Crippen molar-refractivity contribution in [3.63, 3.8) is 0 Å². The van der Waals surface area contributed by atoms with Crippen molar-refractivity contribution in [1.29, 1.82) is 0 Å². The van der Waals surface area contributed by atoms with Gasteiger partial charge in [-0.05, 0) is 27.2 Å². The van der Waals surface area contributed by atoms with E-state index in [1.807, 2.05) is 25.3 Å². The van der Waals surface area contributed by atoms with E-state index in [-0.39, 0.29) is 15.9 Å². The molecule has 0 saturated carbocycles. The molecule has 1 rings (SSSR count). The summed E-state index contributed by atoms with van der Waals surface area (Å²) in [7, 11) is -3.52. The van der Waals surface area contributed by atoms with Gasteiger partial charge in [-0.15, -0.1) is 0 Å². The first kappa shape index (κ1) is 15.7. The van der Waals surface area contributed by atoms with Crippen molar-refractivity contribution in [3.05, 3.63) is 12.0 Å². The molecule has 0 aliphatic carbocycles. The Hall–Kier alpha value is -0.400. The van der Waals surface area contributed by atoms with E-state index < -0.39 is 10.0 Å². The van der Waals surface area contributed by atoms with Crippen LogP contribution in [-0.2, 0) is 16.6 Å². The van der Waals surface area contributed by atoms with Gasteiger partial charge >= 0.3 is 0 Å². The predicted octanol–water partition coefficient (Wildman–Crippen LogP) is 2.05. The Bertz CT molecular complexity index is 496. The average molecular weight is 338 g/mol. The van der Waals surface area contributed by atoms with Crippen LogP contribution in [0.15, 0.2) is 11.2 Å². The van der Waals surface area contributed by atoms with Crippen molar-refractivity contribution in [2.75, 3.05) is 0 Å². The van der Waals surface area contributed by atoms with Gasteiger partial charge in [-0.25, -0.2) is 18.1 Å². The number of nitrogens with one attached hydrogen (secondary N) is 1. The number of halogens is 1. The molecule has 104 valence electrons. The highest BCUT2D eigenvalue weighted by Crippen LogP contribution is 2.12. The third-order valence-corrected chi connectivity index (χ3v) is 4.44. The Morgan fingerprint density at radius 1 is 1.50 bits per heavy atom. The molecule has 2 atom stereocenters. The van der Waals surface area contributed by atoms with Gasteiger partial charge in [0.25, 0.3) is 10.0 Å². The number of sulfonamides is 1. The number of hydrogen-bond donors (Lipinski definition) is 1. The summed E-state index contributed by atoms with van der Waals surface area (Å²) in [6.45, 7) is 8.29. The third-order valence-electron chi connectivity index (χ3n) is 2.60. The van der Waals surface area contributed by atoms with Crippen molar-refractivity contribution >= 4 is 26.0 Å². The molecule has 1 aromatic rings. The fraction of sp³-hybridized carbons (Fsp3) is 0.727. The van der Waals surface area contributed by atoms with E-state index in [1.165, 1.54) is 0 Å². The van der Waals surface area contributed by atoms with E-state index in [1.54, 1.807) is 13.1 Å². The van der Waals surface area contributed by atoms with Crippen molar-refractivity contribution in [1.82, 2.24) is 14.3 Å². The molecular weight excluding hydrogens is 318 g/mol. The van der Waals surface area contributed by atoms with Crippen LogP contribution in [0.1, 0.15) is 33.0 Å². The van der Waals surface area contributed by atoms with Crippen LogP contribution >= 0.6 is 15.9 Å². The van der Waals surface area contributed by atoms with Gasteiger partial charge in [0.15, 0.2) is 5.03 Å². The van der Waals surface area contributed by atoms with Crippen LogP contribution in [0.4, 0.5) is 0 Å². The van der Waals surface area contributed by atoms with Gasteiger partial charge in [0.05, 0.1) is 0 Å².